The third kappa shape index (κ3) is 4.60. The monoisotopic (exact) mass is 341 g/mol. The molecule has 2 heterocycles. The van der Waals surface area contributed by atoms with Crippen LogP contribution in [0.1, 0.15) is 12.5 Å². The standard InChI is InChI=1S/C13H16ClN5O2S/c1-2-22-8-7-17-5-6-18(13(17)16-19(20)21)10-11-3-4-12(14)15-9-11/h3-4,7-9H,2,5-6,10H2,1H3/b8-7+,16-13+. The smallest absolute Gasteiger partial charge is 0.278 e. The first-order valence-corrected chi connectivity index (χ1v) is 8.16. The number of halogens is 1. The van der Waals surface area contributed by atoms with Gasteiger partial charge in [-0.15, -0.1) is 11.8 Å². The third-order valence-corrected chi connectivity index (χ3v) is 3.86. The van der Waals surface area contributed by atoms with Crippen molar-refractivity contribution in [1.82, 2.24) is 14.8 Å². The number of pyridine rings is 1. The molecule has 0 amide bonds. The van der Waals surface area contributed by atoms with E-state index in [0.717, 1.165) is 11.3 Å². The van der Waals surface area contributed by atoms with Crippen molar-refractivity contribution >= 4 is 29.3 Å². The molecule has 1 fully saturated rings. The lowest BCUT2D eigenvalue weighted by molar-refractivity contribution is -0.486. The highest BCUT2D eigenvalue weighted by Crippen LogP contribution is 2.16. The van der Waals surface area contributed by atoms with Crippen LogP contribution in [0.15, 0.2) is 35.0 Å². The predicted octanol–water partition coefficient (Wildman–Crippen LogP) is 2.62. The van der Waals surface area contributed by atoms with Crippen molar-refractivity contribution in [2.24, 2.45) is 5.10 Å². The van der Waals surface area contributed by atoms with Gasteiger partial charge in [-0.2, -0.15) is 0 Å². The number of hydrogen-bond acceptors (Lipinski definition) is 4. The minimum absolute atomic E-state index is 0.341. The summed E-state index contributed by atoms with van der Waals surface area (Å²) < 4.78 is 0. The Morgan fingerprint density at radius 1 is 1.55 bits per heavy atom. The minimum Gasteiger partial charge on any atom is -0.331 e. The fraction of sp³-hybridized carbons (Fsp3) is 0.385. The molecule has 9 heteroatoms. The summed E-state index contributed by atoms with van der Waals surface area (Å²) in [6.07, 6.45) is 3.49. The van der Waals surface area contributed by atoms with Crippen LogP contribution < -0.4 is 0 Å². The Bertz CT molecular complexity index is 578. The molecule has 118 valence electrons. The first-order chi connectivity index (χ1) is 10.6. The Labute approximate surface area is 137 Å². The van der Waals surface area contributed by atoms with Crippen LogP contribution in [-0.4, -0.2) is 44.6 Å². The minimum atomic E-state index is -0.665. The fourth-order valence-corrected chi connectivity index (χ4v) is 2.57. The molecule has 0 atom stereocenters. The summed E-state index contributed by atoms with van der Waals surface area (Å²) >= 11 is 7.39. The van der Waals surface area contributed by atoms with Crippen molar-refractivity contribution in [2.75, 3.05) is 18.8 Å². The van der Waals surface area contributed by atoms with E-state index >= 15 is 0 Å². The maximum Gasteiger partial charge on any atom is 0.278 e. The highest BCUT2D eigenvalue weighted by Gasteiger charge is 2.28. The molecule has 0 bridgehead atoms. The Balaban J connectivity index is 2.12. The van der Waals surface area contributed by atoms with Gasteiger partial charge in [-0.25, -0.2) is 15.1 Å². The zero-order valence-corrected chi connectivity index (χ0v) is 13.6. The fourth-order valence-electron chi connectivity index (χ4n) is 2.03. The SMILES string of the molecule is CCS/C=C/N1CCN(Cc2ccc(Cl)nc2)/C1=N/[N+](=O)[O-]. The second kappa shape index (κ2) is 8.00. The average molecular weight is 342 g/mol. The van der Waals surface area contributed by atoms with Crippen molar-refractivity contribution in [2.45, 2.75) is 13.5 Å². The summed E-state index contributed by atoms with van der Waals surface area (Å²) in [5.74, 6) is 1.29. The van der Waals surface area contributed by atoms with Crippen molar-refractivity contribution in [3.05, 3.63) is 50.8 Å². The molecule has 2 rings (SSSR count). The quantitative estimate of drug-likeness (QED) is 0.450. The van der Waals surface area contributed by atoms with Gasteiger partial charge in [-0.3, -0.25) is 0 Å². The van der Waals surface area contributed by atoms with E-state index in [9.17, 15) is 10.1 Å². The van der Waals surface area contributed by atoms with Crippen LogP contribution in [0.4, 0.5) is 0 Å². The Morgan fingerprint density at radius 3 is 3.00 bits per heavy atom. The van der Waals surface area contributed by atoms with Crippen LogP contribution in [-0.2, 0) is 6.54 Å². The Kier molecular flexibility index (Phi) is 6.02. The Morgan fingerprint density at radius 2 is 2.36 bits per heavy atom. The second-order valence-corrected chi connectivity index (χ2v) is 6.05. The zero-order valence-electron chi connectivity index (χ0n) is 12.1. The van der Waals surface area contributed by atoms with Gasteiger partial charge in [-0.1, -0.05) is 24.6 Å². The number of guanidine groups is 1. The molecule has 0 spiro atoms. The molecule has 0 saturated carbocycles. The summed E-state index contributed by atoms with van der Waals surface area (Å²) in [4.78, 5) is 18.4. The zero-order chi connectivity index (χ0) is 15.9. The van der Waals surface area contributed by atoms with Crippen LogP contribution in [0.2, 0.25) is 5.15 Å². The summed E-state index contributed by atoms with van der Waals surface area (Å²) in [7, 11) is 0. The summed E-state index contributed by atoms with van der Waals surface area (Å²) in [6.45, 7) is 3.87. The molecule has 0 N–H and O–H groups in total. The molecule has 1 aliphatic rings. The molecule has 0 radical (unpaired) electrons. The van der Waals surface area contributed by atoms with Gasteiger partial charge in [0, 0.05) is 32.0 Å². The third-order valence-electron chi connectivity index (χ3n) is 2.99. The van der Waals surface area contributed by atoms with E-state index in [1.54, 1.807) is 28.9 Å². The molecular weight excluding hydrogens is 326 g/mol. The molecule has 1 aromatic heterocycles. The van der Waals surface area contributed by atoms with Crippen molar-refractivity contribution in [3.8, 4) is 0 Å². The lowest BCUT2D eigenvalue weighted by Gasteiger charge is -2.18. The van der Waals surface area contributed by atoms with Gasteiger partial charge in [0.1, 0.15) is 10.3 Å². The summed E-state index contributed by atoms with van der Waals surface area (Å²) in [5.41, 5.74) is 0.925. The molecule has 0 unspecified atom stereocenters. The van der Waals surface area contributed by atoms with Crippen LogP contribution >= 0.6 is 23.4 Å². The highest BCUT2D eigenvalue weighted by molar-refractivity contribution is 8.02. The molecule has 0 aromatic carbocycles. The maximum atomic E-state index is 10.8. The van der Waals surface area contributed by atoms with Gasteiger partial charge in [0.05, 0.1) is 0 Å². The number of rotatable bonds is 6. The number of nitrogens with zero attached hydrogens (tertiary/aromatic N) is 5. The maximum absolute atomic E-state index is 10.8. The van der Waals surface area contributed by atoms with Crippen LogP contribution in [0.5, 0.6) is 0 Å². The van der Waals surface area contributed by atoms with Crippen molar-refractivity contribution < 1.29 is 5.03 Å². The van der Waals surface area contributed by atoms with E-state index in [2.05, 4.69) is 10.1 Å². The van der Waals surface area contributed by atoms with Gasteiger partial charge < -0.3 is 9.80 Å². The van der Waals surface area contributed by atoms with Gasteiger partial charge >= 0.3 is 0 Å². The topological polar surface area (TPSA) is 74.9 Å². The summed E-state index contributed by atoms with van der Waals surface area (Å²) in [5, 5.41) is 16.0. The van der Waals surface area contributed by atoms with Crippen LogP contribution in [0.25, 0.3) is 0 Å². The second-order valence-electron chi connectivity index (χ2n) is 4.48. The van der Waals surface area contributed by atoms with E-state index in [0.29, 0.717) is 30.7 Å². The van der Waals surface area contributed by atoms with E-state index in [-0.39, 0.29) is 0 Å². The number of hydrazone groups is 1. The molecule has 0 aliphatic carbocycles. The number of hydrogen-bond donors (Lipinski definition) is 0. The summed E-state index contributed by atoms with van der Waals surface area (Å²) in [6, 6.07) is 3.55. The normalized spacial score (nSPS) is 16.9. The molecule has 22 heavy (non-hydrogen) atoms. The number of nitro groups is 1. The lowest BCUT2D eigenvalue weighted by atomic mass is 10.3. The van der Waals surface area contributed by atoms with E-state index in [1.165, 1.54) is 0 Å². The largest absolute Gasteiger partial charge is 0.331 e. The van der Waals surface area contributed by atoms with E-state index < -0.39 is 5.03 Å². The van der Waals surface area contributed by atoms with Crippen molar-refractivity contribution in [1.29, 1.82) is 0 Å². The first kappa shape index (κ1) is 16.6. The van der Waals surface area contributed by atoms with E-state index in [4.69, 9.17) is 11.6 Å². The van der Waals surface area contributed by atoms with Gasteiger partial charge in [0.2, 0.25) is 0 Å². The Hall–Kier alpha value is -1.80. The van der Waals surface area contributed by atoms with Crippen molar-refractivity contribution in [3.63, 3.8) is 0 Å². The first-order valence-electron chi connectivity index (χ1n) is 6.73. The number of aromatic nitrogens is 1. The number of thioether (sulfide) groups is 1. The average Bonchev–Trinajstić information content (AvgIpc) is 2.84. The van der Waals surface area contributed by atoms with Crippen LogP contribution in [0.3, 0.4) is 0 Å². The van der Waals surface area contributed by atoms with E-state index in [1.807, 2.05) is 29.5 Å². The van der Waals surface area contributed by atoms with Gasteiger partial charge in [0.25, 0.3) is 5.96 Å². The van der Waals surface area contributed by atoms with Crippen LogP contribution in [0, 0.1) is 10.1 Å². The van der Waals surface area contributed by atoms with Gasteiger partial charge in [-0.05, 0) is 22.8 Å². The predicted molar refractivity (Wildman–Crippen MR) is 88.1 cm³/mol. The molecule has 7 nitrogen and oxygen atoms in total. The van der Waals surface area contributed by atoms with Gasteiger partial charge in [0.15, 0.2) is 5.03 Å². The molecular formula is C13H16ClN5O2S. The highest BCUT2D eigenvalue weighted by atomic mass is 35.5. The molecule has 1 aromatic rings. The molecule has 1 aliphatic heterocycles. The lowest BCUT2D eigenvalue weighted by Crippen LogP contribution is -2.31. The molecule has 1 saturated heterocycles.